The first-order valence-electron chi connectivity index (χ1n) is 7.62. The molecule has 23 heavy (non-hydrogen) atoms. The first kappa shape index (κ1) is 14.9. The Hall–Kier alpha value is -1.69. The van der Waals surface area contributed by atoms with E-state index in [1.54, 1.807) is 22.2 Å². The van der Waals surface area contributed by atoms with E-state index in [9.17, 15) is 4.79 Å². The van der Waals surface area contributed by atoms with E-state index in [0.717, 1.165) is 35.3 Å². The minimum Gasteiger partial charge on any atom is -0.312 e. The number of nitrogens with zero attached hydrogens (tertiary/aromatic N) is 2. The highest BCUT2D eigenvalue weighted by molar-refractivity contribution is 7.18. The van der Waals surface area contributed by atoms with Crippen molar-refractivity contribution in [2.24, 2.45) is 0 Å². The van der Waals surface area contributed by atoms with Gasteiger partial charge in [-0.05, 0) is 43.1 Å². The minimum absolute atomic E-state index is 0.0526. The van der Waals surface area contributed by atoms with Crippen LogP contribution in [0.3, 0.4) is 0 Å². The molecule has 3 heterocycles. The molecule has 1 N–H and O–H groups in total. The quantitative estimate of drug-likeness (QED) is 0.774. The van der Waals surface area contributed by atoms with Gasteiger partial charge in [0.25, 0.3) is 5.56 Å². The van der Waals surface area contributed by atoms with E-state index in [2.05, 4.69) is 10.3 Å². The highest BCUT2D eigenvalue weighted by atomic mass is 35.5. The summed E-state index contributed by atoms with van der Waals surface area (Å²) in [5.41, 5.74) is 2.28. The zero-order chi connectivity index (χ0) is 16.0. The maximum atomic E-state index is 13.0. The second-order valence-corrected chi connectivity index (χ2v) is 7.32. The fourth-order valence-corrected chi connectivity index (χ4v) is 4.38. The van der Waals surface area contributed by atoms with Gasteiger partial charge < -0.3 is 5.32 Å². The van der Waals surface area contributed by atoms with Crippen LogP contribution in [0.4, 0.5) is 0 Å². The molecule has 4 nitrogen and oxygen atoms in total. The first-order valence-corrected chi connectivity index (χ1v) is 8.82. The molecule has 0 aliphatic carbocycles. The van der Waals surface area contributed by atoms with E-state index in [-0.39, 0.29) is 11.6 Å². The van der Waals surface area contributed by atoms with Gasteiger partial charge in [0.15, 0.2) is 0 Å². The van der Waals surface area contributed by atoms with Crippen molar-refractivity contribution in [2.75, 3.05) is 6.54 Å². The summed E-state index contributed by atoms with van der Waals surface area (Å²) in [5, 5.41) is 4.85. The molecule has 1 aliphatic heterocycles. The lowest BCUT2D eigenvalue weighted by Gasteiger charge is -2.16. The molecule has 0 fully saturated rings. The molecule has 0 amide bonds. The van der Waals surface area contributed by atoms with Gasteiger partial charge in [0.05, 0.1) is 17.8 Å². The third kappa shape index (κ3) is 2.49. The van der Waals surface area contributed by atoms with Crippen molar-refractivity contribution in [3.05, 3.63) is 62.0 Å². The van der Waals surface area contributed by atoms with E-state index in [1.165, 1.54) is 10.4 Å². The predicted molar refractivity (Wildman–Crippen MR) is 94.6 cm³/mol. The summed E-state index contributed by atoms with van der Waals surface area (Å²) in [6, 6.07) is 7.53. The molecule has 0 saturated carbocycles. The normalized spacial score (nSPS) is 15.6. The average Bonchev–Trinajstić information content (AvgIpc) is 2.94. The SMILES string of the molecule is CC(c1ccc(Cl)cc1)n1cnc2sc3c(c2c1=O)CCNC3. The third-order valence-corrected chi connectivity index (χ3v) is 5.82. The maximum absolute atomic E-state index is 13.0. The Morgan fingerprint density at radius 2 is 2.13 bits per heavy atom. The van der Waals surface area contributed by atoms with Gasteiger partial charge in [-0.15, -0.1) is 11.3 Å². The fourth-order valence-electron chi connectivity index (χ4n) is 3.11. The Morgan fingerprint density at radius 1 is 1.35 bits per heavy atom. The molecule has 0 bridgehead atoms. The molecule has 0 saturated heterocycles. The van der Waals surface area contributed by atoms with Crippen molar-refractivity contribution < 1.29 is 0 Å². The molecule has 1 aliphatic rings. The van der Waals surface area contributed by atoms with Crippen LogP contribution in [-0.2, 0) is 13.0 Å². The molecule has 118 valence electrons. The Kier molecular flexibility index (Phi) is 3.71. The van der Waals surface area contributed by atoms with Crippen LogP contribution < -0.4 is 10.9 Å². The van der Waals surface area contributed by atoms with Crippen LogP contribution in [-0.4, -0.2) is 16.1 Å². The first-order chi connectivity index (χ1) is 11.1. The number of halogens is 1. The number of aromatic nitrogens is 2. The zero-order valence-corrected chi connectivity index (χ0v) is 14.2. The minimum atomic E-state index is -0.0751. The number of rotatable bonds is 2. The van der Waals surface area contributed by atoms with E-state index in [1.807, 2.05) is 31.2 Å². The van der Waals surface area contributed by atoms with Gasteiger partial charge >= 0.3 is 0 Å². The Bertz CT molecular complexity index is 929. The van der Waals surface area contributed by atoms with Gasteiger partial charge in [-0.1, -0.05) is 23.7 Å². The summed E-state index contributed by atoms with van der Waals surface area (Å²) >= 11 is 7.58. The summed E-state index contributed by atoms with van der Waals surface area (Å²) in [6.45, 7) is 3.76. The number of thiophene rings is 1. The fraction of sp³-hybridized carbons (Fsp3) is 0.294. The van der Waals surface area contributed by atoms with Gasteiger partial charge in [0.1, 0.15) is 4.83 Å². The Labute approximate surface area is 142 Å². The molecule has 0 spiro atoms. The van der Waals surface area contributed by atoms with E-state index in [0.29, 0.717) is 5.02 Å². The molecular formula is C17H16ClN3OS. The molecule has 1 unspecified atom stereocenters. The van der Waals surface area contributed by atoms with Crippen molar-refractivity contribution in [3.63, 3.8) is 0 Å². The summed E-state index contributed by atoms with van der Waals surface area (Å²) in [4.78, 5) is 19.7. The van der Waals surface area contributed by atoms with Crippen molar-refractivity contribution in [3.8, 4) is 0 Å². The molecule has 6 heteroatoms. The van der Waals surface area contributed by atoms with E-state index >= 15 is 0 Å². The summed E-state index contributed by atoms with van der Waals surface area (Å²) in [5.74, 6) is 0. The van der Waals surface area contributed by atoms with Gasteiger partial charge in [-0.3, -0.25) is 9.36 Å². The maximum Gasteiger partial charge on any atom is 0.262 e. The molecule has 3 aromatic rings. The monoisotopic (exact) mass is 345 g/mol. The Balaban J connectivity index is 1.86. The molecule has 1 aromatic carbocycles. The third-order valence-electron chi connectivity index (χ3n) is 4.43. The number of hydrogen-bond donors (Lipinski definition) is 1. The van der Waals surface area contributed by atoms with Crippen LogP contribution in [0.2, 0.25) is 5.02 Å². The van der Waals surface area contributed by atoms with Gasteiger partial charge in [-0.25, -0.2) is 4.98 Å². The molecule has 2 aromatic heterocycles. The number of hydrogen-bond acceptors (Lipinski definition) is 4. The lowest BCUT2D eigenvalue weighted by molar-refractivity contribution is 0.608. The van der Waals surface area contributed by atoms with Gasteiger partial charge in [-0.2, -0.15) is 0 Å². The van der Waals surface area contributed by atoms with Crippen molar-refractivity contribution in [1.29, 1.82) is 0 Å². The number of nitrogens with one attached hydrogen (secondary N) is 1. The van der Waals surface area contributed by atoms with Crippen LogP contribution in [0, 0.1) is 0 Å². The topological polar surface area (TPSA) is 46.9 Å². The number of fused-ring (bicyclic) bond motifs is 3. The van der Waals surface area contributed by atoms with Crippen molar-refractivity contribution in [2.45, 2.75) is 25.9 Å². The van der Waals surface area contributed by atoms with Crippen LogP contribution in [0.1, 0.15) is 29.0 Å². The van der Waals surface area contributed by atoms with E-state index in [4.69, 9.17) is 11.6 Å². The van der Waals surface area contributed by atoms with Gasteiger partial charge in [0, 0.05) is 16.4 Å². The summed E-state index contributed by atoms with van der Waals surface area (Å²) in [7, 11) is 0. The largest absolute Gasteiger partial charge is 0.312 e. The van der Waals surface area contributed by atoms with Crippen LogP contribution in [0.5, 0.6) is 0 Å². The predicted octanol–water partition coefficient (Wildman–Crippen LogP) is 3.37. The summed E-state index contributed by atoms with van der Waals surface area (Å²) < 4.78 is 1.72. The van der Waals surface area contributed by atoms with Crippen LogP contribution >= 0.6 is 22.9 Å². The summed E-state index contributed by atoms with van der Waals surface area (Å²) in [6.07, 6.45) is 2.56. The average molecular weight is 346 g/mol. The molecule has 4 rings (SSSR count). The standard InChI is InChI=1S/C17H16ClN3OS/c1-10(11-2-4-12(18)5-3-11)21-9-20-16-15(17(21)22)13-6-7-19-8-14(13)23-16/h2-5,9-10,19H,6-8H2,1H3. The van der Waals surface area contributed by atoms with E-state index < -0.39 is 0 Å². The smallest absolute Gasteiger partial charge is 0.262 e. The molecule has 1 atom stereocenters. The van der Waals surface area contributed by atoms with Crippen molar-refractivity contribution in [1.82, 2.24) is 14.9 Å². The van der Waals surface area contributed by atoms with Crippen LogP contribution in [0.15, 0.2) is 35.4 Å². The number of benzene rings is 1. The molecule has 0 radical (unpaired) electrons. The second kappa shape index (κ2) is 5.74. The van der Waals surface area contributed by atoms with Crippen LogP contribution in [0.25, 0.3) is 10.2 Å². The van der Waals surface area contributed by atoms with Gasteiger partial charge in [0.2, 0.25) is 0 Å². The lowest BCUT2D eigenvalue weighted by atomic mass is 10.1. The molecular weight excluding hydrogens is 330 g/mol. The van der Waals surface area contributed by atoms with Crippen molar-refractivity contribution >= 4 is 33.2 Å². The highest BCUT2D eigenvalue weighted by Crippen LogP contribution is 2.30. The zero-order valence-electron chi connectivity index (χ0n) is 12.7. The second-order valence-electron chi connectivity index (χ2n) is 5.80. The Morgan fingerprint density at radius 3 is 2.91 bits per heavy atom. The lowest BCUT2D eigenvalue weighted by Crippen LogP contribution is -2.26. The highest BCUT2D eigenvalue weighted by Gasteiger charge is 2.21.